The highest BCUT2D eigenvalue weighted by Crippen LogP contribution is 2.44. The third-order valence-corrected chi connectivity index (χ3v) is 4.04. The quantitative estimate of drug-likeness (QED) is 0.733. The molecule has 0 atom stereocenters. The first-order valence-electron chi connectivity index (χ1n) is 7.73. The SMILES string of the molecule is O=C(O)c1ccc2oc(-c3ccc(OC(F)(F)C4CC4)cc3)nc2c1. The maximum absolute atomic E-state index is 13.7. The van der Waals surface area contributed by atoms with Gasteiger partial charge in [-0.3, -0.25) is 0 Å². The van der Waals surface area contributed by atoms with E-state index in [0.717, 1.165) is 0 Å². The highest BCUT2D eigenvalue weighted by molar-refractivity contribution is 5.92. The Hall–Kier alpha value is -2.96. The molecule has 1 aromatic heterocycles. The number of aromatic carboxylic acids is 1. The zero-order valence-corrected chi connectivity index (χ0v) is 12.9. The fourth-order valence-corrected chi connectivity index (χ4v) is 2.51. The van der Waals surface area contributed by atoms with E-state index in [9.17, 15) is 13.6 Å². The molecule has 1 aliphatic carbocycles. The van der Waals surface area contributed by atoms with Gasteiger partial charge >= 0.3 is 12.1 Å². The van der Waals surface area contributed by atoms with Gasteiger partial charge in [-0.2, -0.15) is 8.78 Å². The zero-order chi connectivity index (χ0) is 17.6. The molecule has 1 N–H and O–H groups in total. The standard InChI is InChI=1S/C18H13F2NO4/c19-18(20,12-4-5-12)25-13-6-1-10(2-7-13)16-21-14-9-11(17(22)23)3-8-15(14)24-16/h1-3,6-9,12H,4-5H2,(H,22,23). The molecular weight excluding hydrogens is 332 g/mol. The van der Waals surface area contributed by atoms with Gasteiger partial charge in [-0.05, 0) is 55.3 Å². The minimum Gasteiger partial charge on any atom is -0.478 e. The Morgan fingerprint density at radius 1 is 1.20 bits per heavy atom. The van der Waals surface area contributed by atoms with Crippen LogP contribution in [0.15, 0.2) is 46.9 Å². The van der Waals surface area contributed by atoms with E-state index in [4.69, 9.17) is 14.3 Å². The monoisotopic (exact) mass is 345 g/mol. The third kappa shape index (κ3) is 3.05. The Morgan fingerprint density at radius 2 is 1.92 bits per heavy atom. The number of hydrogen-bond donors (Lipinski definition) is 1. The minimum atomic E-state index is -3.15. The minimum absolute atomic E-state index is 0.0740. The van der Waals surface area contributed by atoms with Gasteiger partial charge in [0.05, 0.1) is 11.5 Å². The summed E-state index contributed by atoms with van der Waals surface area (Å²) in [5.74, 6) is -1.40. The number of halogens is 2. The molecule has 25 heavy (non-hydrogen) atoms. The van der Waals surface area contributed by atoms with Crippen LogP contribution in [0, 0.1) is 5.92 Å². The number of benzene rings is 2. The summed E-state index contributed by atoms with van der Waals surface area (Å²) in [6.45, 7) is 0. The van der Waals surface area contributed by atoms with Crippen molar-refractivity contribution >= 4 is 17.1 Å². The normalized spacial score (nSPS) is 14.6. The number of carbonyl (C=O) groups is 1. The maximum atomic E-state index is 13.7. The number of hydrogen-bond acceptors (Lipinski definition) is 4. The van der Waals surface area contributed by atoms with Crippen LogP contribution in [0.2, 0.25) is 0 Å². The van der Waals surface area contributed by atoms with Crippen molar-refractivity contribution in [1.82, 2.24) is 4.98 Å². The maximum Gasteiger partial charge on any atom is 0.400 e. The summed E-state index contributed by atoms with van der Waals surface area (Å²) in [5, 5.41) is 9.00. The molecule has 1 fully saturated rings. The molecule has 5 nitrogen and oxygen atoms in total. The Labute approximate surface area is 140 Å². The first-order chi connectivity index (χ1) is 11.9. The predicted octanol–water partition coefficient (Wildman–Crippen LogP) is 4.57. The molecule has 1 aliphatic rings. The molecule has 0 radical (unpaired) electrons. The first-order valence-corrected chi connectivity index (χ1v) is 7.73. The summed E-state index contributed by atoms with van der Waals surface area (Å²) in [6, 6.07) is 10.4. The summed E-state index contributed by atoms with van der Waals surface area (Å²) in [5.41, 5.74) is 1.55. The van der Waals surface area contributed by atoms with Crippen LogP contribution >= 0.6 is 0 Å². The highest BCUT2D eigenvalue weighted by Gasteiger charge is 2.49. The van der Waals surface area contributed by atoms with Crippen LogP contribution in [0.5, 0.6) is 5.75 Å². The largest absolute Gasteiger partial charge is 0.478 e. The molecule has 0 bridgehead atoms. The molecule has 0 unspecified atom stereocenters. The molecule has 3 aromatic rings. The van der Waals surface area contributed by atoms with Gasteiger partial charge in [0.2, 0.25) is 5.89 Å². The smallest absolute Gasteiger partial charge is 0.400 e. The van der Waals surface area contributed by atoms with E-state index in [-0.39, 0.29) is 17.2 Å². The fraction of sp³-hybridized carbons (Fsp3) is 0.222. The van der Waals surface area contributed by atoms with Gasteiger partial charge < -0.3 is 14.3 Å². The Morgan fingerprint density at radius 3 is 2.56 bits per heavy atom. The van der Waals surface area contributed by atoms with Crippen molar-refractivity contribution < 1.29 is 27.8 Å². The van der Waals surface area contributed by atoms with Crippen molar-refractivity contribution in [3.05, 3.63) is 48.0 Å². The van der Waals surface area contributed by atoms with Gasteiger partial charge in [0, 0.05) is 5.56 Å². The van der Waals surface area contributed by atoms with E-state index in [1.54, 1.807) is 12.1 Å². The Balaban J connectivity index is 1.59. The lowest BCUT2D eigenvalue weighted by Gasteiger charge is -2.17. The second-order valence-electron chi connectivity index (χ2n) is 5.97. The van der Waals surface area contributed by atoms with Gasteiger partial charge in [-0.1, -0.05) is 0 Å². The molecule has 0 spiro atoms. The molecule has 128 valence electrons. The number of carboxylic acid groups (broad SMARTS) is 1. The van der Waals surface area contributed by atoms with Crippen LogP contribution in [0.3, 0.4) is 0 Å². The zero-order valence-electron chi connectivity index (χ0n) is 12.9. The number of carboxylic acids is 1. The third-order valence-electron chi connectivity index (χ3n) is 4.04. The van der Waals surface area contributed by atoms with Crippen LogP contribution in [0.25, 0.3) is 22.6 Å². The van der Waals surface area contributed by atoms with E-state index >= 15 is 0 Å². The van der Waals surface area contributed by atoms with E-state index in [1.807, 2.05) is 0 Å². The van der Waals surface area contributed by atoms with Gasteiger partial charge in [-0.25, -0.2) is 9.78 Å². The van der Waals surface area contributed by atoms with E-state index < -0.39 is 18.0 Å². The lowest BCUT2D eigenvalue weighted by Crippen LogP contribution is -2.27. The van der Waals surface area contributed by atoms with E-state index in [0.29, 0.717) is 29.5 Å². The number of aromatic nitrogens is 1. The molecule has 7 heteroatoms. The molecular formula is C18H13F2NO4. The van der Waals surface area contributed by atoms with Crippen molar-refractivity contribution in [3.63, 3.8) is 0 Å². The number of ether oxygens (including phenoxy) is 1. The number of nitrogens with zero attached hydrogens (tertiary/aromatic N) is 1. The first kappa shape index (κ1) is 15.6. The van der Waals surface area contributed by atoms with Crippen molar-refractivity contribution in [1.29, 1.82) is 0 Å². The molecule has 1 heterocycles. The lowest BCUT2D eigenvalue weighted by molar-refractivity contribution is -0.192. The summed E-state index contributed by atoms with van der Waals surface area (Å²) in [6.07, 6.45) is -2.19. The average molecular weight is 345 g/mol. The van der Waals surface area contributed by atoms with E-state index in [2.05, 4.69) is 4.98 Å². The van der Waals surface area contributed by atoms with Crippen LogP contribution in [0.1, 0.15) is 23.2 Å². The van der Waals surface area contributed by atoms with Crippen molar-refractivity contribution in [2.75, 3.05) is 0 Å². The summed E-state index contributed by atoms with van der Waals surface area (Å²) < 4.78 is 37.7. The number of fused-ring (bicyclic) bond motifs is 1. The average Bonchev–Trinajstić information content (AvgIpc) is 3.35. The second-order valence-corrected chi connectivity index (χ2v) is 5.97. The van der Waals surface area contributed by atoms with Gasteiger partial charge in [0.1, 0.15) is 11.3 Å². The molecule has 2 aromatic carbocycles. The van der Waals surface area contributed by atoms with Gasteiger partial charge in [0.25, 0.3) is 0 Å². The van der Waals surface area contributed by atoms with Gasteiger partial charge in [0.15, 0.2) is 5.58 Å². The van der Waals surface area contributed by atoms with Crippen LogP contribution in [-0.4, -0.2) is 22.2 Å². The predicted molar refractivity (Wildman–Crippen MR) is 84.7 cm³/mol. The van der Waals surface area contributed by atoms with Crippen LogP contribution in [0.4, 0.5) is 8.78 Å². The topological polar surface area (TPSA) is 72.6 Å². The second kappa shape index (κ2) is 5.54. The summed E-state index contributed by atoms with van der Waals surface area (Å²) in [7, 11) is 0. The van der Waals surface area contributed by atoms with Crippen LogP contribution < -0.4 is 4.74 Å². The van der Waals surface area contributed by atoms with Crippen LogP contribution in [-0.2, 0) is 0 Å². The molecule has 0 aliphatic heterocycles. The molecule has 1 saturated carbocycles. The summed E-state index contributed by atoms with van der Waals surface area (Å²) in [4.78, 5) is 15.2. The number of rotatable bonds is 5. The van der Waals surface area contributed by atoms with E-state index in [1.165, 1.54) is 30.3 Å². The van der Waals surface area contributed by atoms with Gasteiger partial charge in [-0.15, -0.1) is 0 Å². The molecule has 0 saturated heterocycles. The van der Waals surface area contributed by atoms with Crippen molar-refractivity contribution in [3.8, 4) is 17.2 Å². The number of oxazole rings is 1. The lowest BCUT2D eigenvalue weighted by atomic mass is 10.2. The Bertz CT molecular complexity index is 945. The highest BCUT2D eigenvalue weighted by atomic mass is 19.3. The fourth-order valence-electron chi connectivity index (χ4n) is 2.51. The van der Waals surface area contributed by atoms with Crippen molar-refractivity contribution in [2.45, 2.75) is 19.0 Å². The molecule has 4 rings (SSSR count). The Kier molecular flexibility index (Phi) is 3.45. The van der Waals surface area contributed by atoms with Crippen molar-refractivity contribution in [2.24, 2.45) is 5.92 Å². The number of alkyl halides is 2. The summed E-state index contributed by atoms with van der Waals surface area (Å²) >= 11 is 0. The molecule has 0 amide bonds.